The number of hydrogen-bond acceptors (Lipinski definition) is 2. The molecule has 0 amide bonds. The minimum Gasteiger partial charge on any atom is -0.478 e. The van der Waals surface area contributed by atoms with E-state index in [1.54, 1.807) is 0 Å². The van der Waals surface area contributed by atoms with E-state index < -0.39 is 5.97 Å². The van der Waals surface area contributed by atoms with Gasteiger partial charge in [0.25, 0.3) is 0 Å². The number of benzene rings is 1. The lowest BCUT2D eigenvalue weighted by atomic mass is 9.96. The quantitative estimate of drug-likeness (QED) is 0.847. The molecule has 1 aromatic heterocycles. The maximum absolute atomic E-state index is 11.8. The third kappa shape index (κ3) is 1.82. The van der Waals surface area contributed by atoms with Crippen LogP contribution in [-0.2, 0) is 6.42 Å². The summed E-state index contributed by atoms with van der Waals surface area (Å²) >= 11 is 3.43. The van der Waals surface area contributed by atoms with E-state index >= 15 is 0 Å². The minimum atomic E-state index is -0.860. The number of carbonyl (C=O) groups is 1. The van der Waals surface area contributed by atoms with Crippen LogP contribution >= 0.6 is 15.9 Å². The van der Waals surface area contributed by atoms with Crippen LogP contribution in [0.1, 0.15) is 60.4 Å². The van der Waals surface area contributed by atoms with Gasteiger partial charge in [-0.05, 0) is 60.3 Å². The largest absolute Gasteiger partial charge is 0.478 e. The summed E-state index contributed by atoms with van der Waals surface area (Å²) in [6, 6.07) is 5.07. The SMILES string of the molecule is CC(C)n1c2c(c3c(C(=O)O)c(Br)ccc31)C1CCC(C2)N1. The first kappa shape index (κ1) is 14.3. The van der Waals surface area contributed by atoms with Gasteiger partial charge in [-0.1, -0.05) is 0 Å². The molecule has 3 heterocycles. The molecule has 5 heteroatoms. The fraction of sp³-hybridized carbons (Fsp3) is 0.471. The van der Waals surface area contributed by atoms with E-state index in [-0.39, 0.29) is 0 Å². The first-order valence-corrected chi connectivity index (χ1v) is 8.62. The molecular formula is C17H19BrN2O2. The van der Waals surface area contributed by atoms with E-state index in [0.717, 1.165) is 23.7 Å². The molecule has 0 aliphatic carbocycles. The molecule has 2 aliphatic rings. The van der Waals surface area contributed by atoms with Crippen LogP contribution in [0.2, 0.25) is 0 Å². The van der Waals surface area contributed by atoms with Crippen LogP contribution in [0.15, 0.2) is 16.6 Å². The number of hydrogen-bond donors (Lipinski definition) is 2. The van der Waals surface area contributed by atoms with E-state index in [2.05, 4.69) is 45.7 Å². The third-order valence-corrected chi connectivity index (χ3v) is 5.68. The van der Waals surface area contributed by atoms with Gasteiger partial charge in [-0.3, -0.25) is 0 Å². The highest BCUT2D eigenvalue weighted by Crippen LogP contribution is 2.45. The van der Waals surface area contributed by atoms with Gasteiger partial charge in [0.1, 0.15) is 0 Å². The smallest absolute Gasteiger partial charge is 0.337 e. The zero-order chi connectivity index (χ0) is 15.6. The van der Waals surface area contributed by atoms with Crippen molar-refractivity contribution in [3.8, 4) is 0 Å². The Morgan fingerprint density at radius 2 is 2.18 bits per heavy atom. The summed E-state index contributed by atoms with van der Waals surface area (Å²) in [7, 11) is 0. The van der Waals surface area contributed by atoms with Gasteiger partial charge in [0, 0.05) is 45.6 Å². The van der Waals surface area contributed by atoms with Crippen LogP contribution in [0.25, 0.3) is 10.9 Å². The Morgan fingerprint density at radius 1 is 1.41 bits per heavy atom. The van der Waals surface area contributed by atoms with Crippen molar-refractivity contribution in [3.05, 3.63) is 33.4 Å². The van der Waals surface area contributed by atoms with Crippen molar-refractivity contribution in [3.63, 3.8) is 0 Å². The van der Waals surface area contributed by atoms with Crippen LogP contribution in [0.3, 0.4) is 0 Å². The van der Waals surface area contributed by atoms with E-state index in [0.29, 0.717) is 28.2 Å². The van der Waals surface area contributed by atoms with Crippen LogP contribution in [-0.4, -0.2) is 21.7 Å². The van der Waals surface area contributed by atoms with Gasteiger partial charge in [-0.2, -0.15) is 0 Å². The third-order valence-electron chi connectivity index (χ3n) is 5.02. The van der Waals surface area contributed by atoms with Gasteiger partial charge in [0.05, 0.1) is 5.56 Å². The van der Waals surface area contributed by atoms with Crippen LogP contribution in [0.4, 0.5) is 0 Å². The summed E-state index contributed by atoms with van der Waals surface area (Å²) in [6.07, 6.45) is 3.27. The molecule has 0 saturated carbocycles. The second-order valence-corrected chi connectivity index (χ2v) is 7.50. The van der Waals surface area contributed by atoms with Crippen molar-refractivity contribution in [2.75, 3.05) is 0 Å². The summed E-state index contributed by atoms with van der Waals surface area (Å²) in [5.41, 5.74) is 4.00. The average Bonchev–Trinajstić information content (AvgIpc) is 2.97. The number of carboxylic acid groups (broad SMARTS) is 1. The molecule has 0 radical (unpaired) electrons. The lowest BCUT2D eigenvalue weighted by Gasteiger charge is -2.25. The van der Waals surface area contributed by atoms with Gasteiger partial charge in [-0.25, -0.2) is 4.79 Å². The molecule has 2 aliphatic heterocycles. The highest BCUT2D eigenvalue weighted by Gasteiger charge is 2.38. The molecule has 4 nitrogen and oxygen atoms in total. The Morgan fingerprint density at radius 3 is 2.86 bits per heavy atom. The lowest BCUT2D eigenvalue weighted by Crippen LogP contribution is -2.32. The molecular weight excluding hydrogens is 344 g/mol. The maximum atomic E-state index is 11.8. The Kier molecular flexibility index (Phi) is 3.13. The molecule has 4 rings (SSSR count). The van der Waals surface area contributed by atoms with E-state index in [1.165, 1.54) is 17.7 Å². The molecule has 116 valence electrons. The number of nitrogens with zero attached hydrogens (tertiary/aromatic N) is 1. The van der Waals surface area contributed by atoms with Gasteiger partial charge < -0.3 is 15.0 Å². The van der Waals surface area contributed by atoms with Crippen molar-refractivity contribution in [2.45, 2.75) is 51.2 Å². The summed E-state index contributed by atoms with van der Waals surface area (Å²) in [5.74, 6) is -0.860. The number of halogens is 1. The molecule has 2 aromatic rings. The fourth-order valence-corrected chi connectivity index (χ4v) is 4.78. The van der Waals surface area contributed by atoms with E-state index in [9.17, 15) is 9.90 Å². The van der Waals surface area contributed by atoms with Crippen molar-refractivity contribution >= 4 is 32.8 Å². The average molecular weight is 363 g/mol. The van der Waals surface area contributed by atoms with Gasteiger partial charge >= 0.3 is 5.97 Å². The normalized spacial score (nSPS) is 23.3. The number of aromatic nitrogens is 1. The predicted octanol–water partition coefficient (Wildman–Crippen LogP) is 4.03. The summed E-state index contributed by atoms with van der Waals surface area (Å²) in [6.45, 7) is 4.35. The zero-order valence-corrected chi connectivity index (χ0v) is 14.3. The Hall–Kier alpha value is -1.33. The van der Waals surface area contributed by atoms with Crippen molar-refractivity contribution in [2.24, 2.45) is 0 Å². The summed E-state index contributed by atoms with van der Waals surface area (Å²) in [4.78, 5) is 11.8. The number of fused-ring (bicyclic) bond motifs is 6. The second kappa shape index (κ2) is 4.83. The molecule has 2 atom stereocenters. The lowest BCUT2D eigenvalue weighted by molar-refractivity contribution is 0.0698. The summed E-state index contributed by atoms with van der Waals surface area (Å²) < 4.78 is 3.01. The molecule has 0 spiro atoms. The molecule has 1 saturated heterocycles. The molecule has 2 unspecified atom stereocenters. The Balaban J connectivity index is 2.15. The van der Waals surface area contributed by atoms with Crippen LogP contribution < -0.4 is 5.32 Å². The van der Waals surface area contributed by atoms with Crippen molar-refractivity contribution in [1.82, 2.24) is 9.88 Å². The second-order valence-electron chi connectivity index (χ2n) is 6.64. The summed E-state index contributed by atoms with van der Waals surface area (Å²) in [5, 5.41) is 14.3. The first-order valence-electron chi connectivity index (χ1n) is 7.83. The van der Waals surface area contributed by atoms with Gasteiger partial charge in [0.2, 0.25) is 0 Å². The van der Waals surface area contributed by atoms with E-state index in [4.69, 9.17) is 0 Å². The maximum Gasteiger partial charge on any atom is 0.337 e. The molecule has 2 bridgehead atoms. The monoisotopic (exact) mass is 362 g/mol. The molecule has 22 heavy (non-hydrogen) atoms. The standard InChI is InChI=1S/C17H19BrN2O2/c1-8(2)20-12-6-4-10(18)14(17(21)22)16(12)15-11-5-3-9(19-11)7-13(15)20/h4,6,8-9,11,19H,3,5,7H2,1-2H3,(H,21,22). The minimum absolute atomic E-state index is 0.295. The zero-order valence-electron chi connectivity index (χ0n) is 12.7. The first-order chi connectivity index (χ1) is 10.5. The molecule has 1 aromatic carbocycles. The van der Waals surface area contributed by atoms with Gasteiger partial charge in [0.15, 0.2) is 0 Å². The van der Waals surface area contributed by atoms with Crippen LogP contribution in [0, 0.1) is 0 Å². The predicted molar refractivity (Wildman–Crippen MR) is 89.6 cm³/mol. The number of nitrogens with one attached hydrogen (secondary N) is 1. The van der Waals surface area contributed by atoms with Crippen molar-refractivity contribution < 1.29 is 9.90 Å². The number of rotatable bonds is 2. The van der Waals surface area contributed by atoms with Gasteiger partial charge in [-0.15, -0.1) is 0 Å². The fourth-order valence-electron chi connectivity index (χ4n) is 4.28. The Labute approximate surface area is 137 Å². The topological polar surface area (TPSA) is 54.3 Å². The Bertz CT molecular complexity index is 794. The number of carboxylic acids is 1. The highest BCUT2D eigenvalue weighted by atomic mass is 79.9. The van der Waals surface area contributed by atoms with Crippen molar-refractivity contribution in [1.29, 1.82) is 0 Å². The van der Waals surface area contributed by atoms with E-state index in [1.807, 2.05) is 6.07 Å². The molecule has 2 N–H and O–H groups in total. The highest BCUT2D eigenvalue weighted by molar-refractivity contribution is 9.10. The van der Waals surface area contributed by atoms with Crippen LogP contribution in [0.5, 0.6) is 0 Å². The number of aromatic carboxylic acids is 1. The molecule has 1 fully saturated rings.